The van der Waals surface area contributed by atoms with Crippen LogP contribution in [0.2, 0.25) is 0 Å². The second-order valence-corrected chi connectivity index (χ2v) is 5.44. The van der Waals surface area contributed by atoms with Crippen LogP contribution in [-0.4, -0.2) is 25.5 Å². The van der Waals surface area contributed by atoms with E-state index in [2.05, 4.69) is 15.9 Å². The molecule has 1 saturated heterocycles. The van der Waals surface area contributed by atoms with Crippen molar-refractivity contribution in [2.24, 2.45) is 11.7 Å². The SMILES string of the molecule is COc1cc(Br)c(C)cc1N1CC(C(N)=O)CC1=O. The van der Waals surface area contributed by atoms with E-state index in [1.54, 1.807) is 12.0 Å². The van der Waals surface area contributed by atoms with Crippen LogP contribution >= 0.6 is 15.9 Å². The van der Waals surface area contributed by atoms with E-state index >= 15 is 0 Å². The number of primary amides is 1. The van der Waals surface area contributed by atoms with Gasteiger partial charge in [-0.1, -0.05) is 15.9 Å². The third-order valence-corrected chi connectivity index (χ3v) is 4.13. The molecular formula is C13H15BrN2O3. The highest BCUT2D eigenvalue weighted by Crippen LogP contribution is 2.36. The lowest BCUT2D eigenvalue weighted by molar-refractivity contribution is -0.123. The Hall–Kier alpha value is -1.56. The average molecular weight is 327 g/mol. The molecule has 1 fully saturated rings. The molecule has 1 atom stereocenters. The molecule has 6 heteroatoms. The molecule has 0 aliphatic carbocycles. The maximum atomic E-state index is 12.0. The maximum Gasteiger partial charge on any atom is 0.227 e. The lowest BCUT2D eigenvalue weighted by Crippen LogP contribution is -2.28. The van der Waals surface area contributed by atoms with E-state index < -0.39 is 11.8 Å². The molecule has 2 N–H and O–H groups in total. The molecular weight excluding hydrogens is 312 g/mol. The lowest BCUT2D eigenvalue weighted by Gasteiger charge is -2.20. The minimum atomic E-state index is -0.441. The van der Waals surface area contributed by atoms with Crippen LogP contribution in [0.5, 0.6) is 5.75 Å². The number of hydrogen-bond donors (Lipinski definition) is 1. The highest BCUT2D eigenvalue weighted by Gasteiger charge is 2.35. The van der Waals surface area contributed by atoms with Crippen molar-refractivity contribution >= 4 is 33.4 Å². The number of ether oxygens (including phenoxy) is 1. The number of nitrogens with two attached hydrogens (primary N) is 1. The molecule has 102 valence electrons. The van der Waals surface area contributed by atoms with Crippen molar-refractivity contribution in [3.05, 3.63) is 22.2 Å². The topological polar surface area (TPSA) is 72.6 Å². The second-order valence-electron chi connectivity index (χ2n) is 4.58. The van der Waals surface area contributed by atoms with Gasteiger partial charge in [-0.15, -0.1) is 0 Å². The number of amides is 2. The number of methoxy groups -OCH3 is 1. The Balaban J connectivity index is 2.39. The van der Waals surface area contributed by atoms with Gasteiger partial charge in [0.1, 0.15) is 5.75 Å². The summed E-state index contributed by atoms with van der Waals surface area (Å²) in [4.78, 5) is 24.8. The van der Waals surface area contributed by atoms with Gasteiger partial charge < -0.3 is 15.4 Å². The Bertz CT molecular complexity index is 545. The van der Waals surface area contributed by atoms with Crippen molar-refractivity contribution in [1.82, 2.24) is 0 Å². The van der Waals surface area contributed by atoms with Crippen LogP contribution in [0.4, 0.5) is 5.69 Å². The van der Waals surface area contributed by atoms with Gasteiger partial charge in [0.2, 0.25) is 11.8 Å². The van der Waals surface area contributed by atoms with Gasteiger partial charge in [0.15, 0.2) is 0 Å². The van der Waals surface area contributed by atoms with Crippen LogP contribution in [0.25, 0.3) is 0 Å². The summed E-state index contributed by atoms with van der Waals surface area (Å²) in [5.41, 5.74) is 6.94. The van der Waals surface area contributed by atoms with Gasteiger partial charge in [-0.05, 0) is 24.6 Å². The van der Waals surface area contributed by atoms with Crippen LogP contribution < -0.4 is 15.4 Å². The number of nitrogens with zero attached hydrogens (tertiary/aromatic N) is 1. The van der Waals surface area contributed by atoms with E-state index in [4.69, 9.17) is 10.5 Å². The van der Waals surface area contributed by atoms with Crippen LogP contribution in [0.15, 0.2) is 16.6 Å². The summed E-state index contributed by atoms with van der Waals surface area (Å²) in [6.07, 6.45) is 0.160. The van der Waals surface area contributed by atoms with Crippen LogP contribution in [0, 0.1) is 12.8 Å². The van der Waals surface area contributed by atoms with Crippen molar-refractivity contribution < 1.29 is 14.3 Å². The predicted octanol–water partition coefficient (Wildman–Crippen LogP) is 1.60. The molecule has 0 aromatic heterocycles. The molecule has 2 rings (SSSR count). The lowest BCUT2D eigenvalue weighted by atomic mass is 10.1. The first-order valence-electron chi connectivity index (χ1n) is 5.88. The normalized spacial score (nSPS) is 18.8. The third kappa shape index (κ3) is 2.58. The van der Waals surface area contributed by atoms with Gasteiger partial charge in [0.25, 0.3) is 0 Å². The van der Waals surface area contributed by atoms with Gasteiger partial charge in [-0.3, -0.25) is 9.59 Å². The zero-order chi connectivity index (χ0) is 14.2. The fourth-order valence-electron chi connectivity index (χ4n) is 2.15. The molecule has 1 heterocycles. The maximum absolute atomic E-state index is 12.0. The number of halogens is 1. The molecule has 1 aliphatic heterocycles. The van der Waals surface area contributed by atoms with Crippen molar-refractivity contribution in [2.75, 3.05) is 18.6 Å². The number of benzene rings is 1. The highest BCUT2D eigenvalue weighted by molar-refractivity contribution is 9.10. The van der Waals surface area contributed by atoms with Gasteiger partial charge >= 0.3 is 0 Å². The fraction of sp³-hybridized carbons (Fsp3) is 0.385. The monoisotopic (exact) mass is 326 g/mol. The number of carbonyl (C=O) groups excluding carboxylic acids is 2. The number of rotatable bonds is 3. The molecule has 0 bridgehead atoms. The highest BCUT2D eigenvalue weighted by atomic mass is 79.9. The molecule has 2 amide bonds. The first kappa shape index (κ1) is 13.9. The van der Waals surface area contributed by atoms with E-state index in [9.17, 15) is 9.59 Å². The molecule has 1 aliphatic rings. The second kappa shape index (κ2) is 5.21. The number of hydrogen-bond acceptors (Lipinski definition) is 3. The molecule has 5 nitrogen and oxygen atoms in total. The molecule has 0 radical (unpaired) electrons. The Kier molecular flexibility index (Phi) is 3.80. The quantitative estimate of drug-likeness (QED) is 0.917. The molecule has 0 spiro atoms. The smallest absolute Gasteiger partial charge is 0.227 e. The van der Waals surface area contributed by atoms with Crippen LogP contribution in [-0.2, 0) is 9.59 Å². The van der Waals surface area contributed by atoms with E-state index in [1.807, 2.05) is 19.1 Å². The third-order valence-electron chi connectivity index (χ3n) is 3.28. The van der Waals surface area contributed by atoms with Gasteiger partial charge in [-0.25, -0.2) is 0 Å². The van der Waals surface area contributed by atoms with E-state index in [0.29, 0.717) is 18.0 Å². The summed E-state index contributed by atoms with van der Waals surface area (Å²) in [7, 11) is 1.55. The fourth-order valence-corrected chi connectivity index (χ4v) is 2.48. The van der Waals surface area contributed by atoms with Gasteiger partial charge in [0.05, 0.1) is 18.7 Å². The Morgan fingerprint density at radius 3 is 2.74 bits per heavy atom. The Morgan fingerprint density at radius 1 is 1.53 bits per heavy atom. The first-order valence-corrected chi connectivity index (χ1v) is 6.67. The molecule has 1 aromatic rings. The largest absolute Gasteiger partial charge is 0.495 e. The van der Waals surface area contributed by atoms with Crippen molar-refractivity contribution in [3.63, 3.8) is 0 Å². The standard InChI is InChI=1S/C13H15BrN2O3/c1-7-3-10(11(19-2)5-9(7)14)16-6-8(13(15)18)4-12(16)17/h3,5,8H,4,6H2,1-2H3,(H2,15,18). The van der Waals surface area contributed by atoms with Gasteiger partial charge in [-0.2, -0.15) is 0 Å². The Labute approximate surface area is 119 Å². The van der Waals surface area contributed by atoms with Crippen molar-refractivity contribution in [3.8, 4) is 5.75 Å². The molecule has 0 saturated carbocycles. The zero-order valence-corrected chi connectivity index (χ0v) is 12.4. The molecule has 1 aromatic carbocycles. The first-order chi connectivity index (χ1) is 8.93. The zero-order valence-electron chi connectivity index (χ0n) is 10.8. The minimum absolute atomic E-state index is 0.108. The number of aryl methyl sites for hydroxylation is 1. The van der Waals surface area contributed by atoms with E-state index in [-0.39, 0.29) is 12.3 Å². The van der Waals surface area contributed by atoms with Crippen molar-refractivity contribution in [2.45, 2.75) is 13.3 Å². The summed E-state index contributed by atoms with van der Waals surface area (Å²) in [6, 6.07) is 3.68. The van der Waals surface area contributed by atoms with E-state index in [1.165, 1.54) is 0 Å². The predicted molar refractivity (Wildman–Crippen MR) is 75.1 cm³/mol. The molecule has 1 unspecified atom stereocenters. The molecule has 19 heavy (non-hydrogen) atoms. The van der Waals surface area contributed by atoms with Crippen LogP contribution in [0.3, 0.4) is 0 Å². The summed E-state index contributed by atoms with van der Waals surface area (Å²) in [5, 5.41) is 0. The van der Waals surface area contributed by atoms with E-state index in [0.717, 1.165) is 10.0 Å². The summed E-state index contributed by atoms with van der Waals surface area (Å²) in [5.74, 6) is -0.385. The summed E-state index contributed by atoms with van der Waals surface area (Å²) >= 11 is 3.42. The average Bonchev–Trinajstić information content (AvgIpc) is 2.74. The summed E-state index contributed by atoms with van der Waals surface area (Å²) < 4.78 is 6.21. The number of anilines is 1. The van der Waals surface area contributed by atoms with Gasteiger partial charge in [0, 0.05) is 17.4 Å². The Morgan fingerprint density at radius 2 is 2.21 bits per heavy atom. The van der Waals surface area contributed by atoms with Crippen LogP contribution in [0.1, 0.15) is 12.0 Å². The minimum Gasteiger partial charge on any atom is -0.495 e. The number of carbonyl (C=O) groups is 2. The van der Waals surface area contributed by atoms with Crippen molar-refractivity contribution in [1.29, 1.82) is 0 Å². The summed E-state index contributed by atoms with van der Waals surface area (Å²) in [6.45, 7) is 2.24.